The molecule has 1 aromatic carbocycles. The summed E-state index contributed by atoms with van der Waals surface area (Å²) in [6.07, 6.45) is 0. The van der Waals surface area contributed by atoms with Gasteiger partial charge < -0.3 is 15.7 Å². The van der Waals surface area contributed by atoms with Crippen LogP contribution in [0.1, 0.15) is 6.92 Å². The van der Waals surface area contributed by atoms with Gasteiger partial charge in [0.15, 0.2) is 11.6 Å². The minimum absolute atomic E-state index is 0.0379. The number of nitrogens with one attached hydrogen (secondary N) is 2. The van der Waals surface area contributed by atoms with Gasteiger partial charge in [-0.25, -0.2) is 9.60 Å². The summed E-state index contributed by atoms with van der Waals surface area (Å²) in [6.45, 7) is 1.79. The van der Waals surface area contributed by atoms with Crippen molar-refractivity contribution in [1.29, 1.82) is 0 Å². The van der Waals surface area contributed by atoms with E-state index in [9.17, 15) is 9.60 Å². The number of hydrogen-bond acceptors (Lipinski definition) is 5. The number of aromatic nitrogens is 2. The third-order valence-corrected chi connectivity index (χ3v) is 2.30. The Bertz CT molecular complexity index is 555. The second kappa shape index (κ2) is 4.17. The zero-order valence-electron chi connectivity index (χ0n) is 8.95. The Morgan fingerprint density at radius 3 is 3.00 bits per heavy atom. The highest BCUT2D eigenvalue weighted by Crippen LogP contribution is 2.33. The van der Waals surface area contributed by atoms with Crippen LogP contribution in [0, 0.1) is 11.0 Å². The summed E-state index contributed by atoms with van der Waals surface area (Å²) in [5.74, 6) is -1.06. The molecule has 0 bridgehead atoms. The van der Waals surface area contributed by atoms with Gasteiger partial charge in [0.05, 0.1) is 12.0 Å². The van der Waals surface area contributed by atoms with Crippen molar-refractivity contribution in [2.45, 2.75) is 6.92 Å². The number of hydrogen-bond donors (Lipinski definition) is 4. The first-order valence-electron chi connectivity index (χ1n) is 4.88. The quantitative estimate of drug-likeness (QED) is 0.570. The molecule has 17 heavy (non-hydrogen) atoms. The lowest BCUT2D eigenvalue weighted by Gasteiger charge is -2.16. The van der Waals surface area contributed by atoms with Gasteiger partial charge in [-0.15, -0.1) is 0 Å². The maximum absolute atomic E-state index is 14.0. The van der Waals surface area contributed by atoms with E-state index in [2.05, 4.69) is 10.2 Å². The summed E-state index contributed by atoms with van der Waals surface area (Å²) in [7, 11) is 0. The molecule has 0 saturated heterocycles. The monoisotopic (exact) mass is 242 g/mol. The normalized spacial score (nSPS) is 12.9. The van der Waals surface area contributed by atoms with Crippen molar-refractivity contribution in [3.63, 3.8) is 0 Å². The van der Waals surface area contributed by atoms with Crippen LogP contribution in [-0.4, -0.2) is 22.0 Å². The van der Waals surface area contributed by atoms with Gasteiger partial charge in [0.2, 0.25) is 11.4 Å². The molecule has 0 fully saturated rings. The molecular weight excluding hydrogens is 231 g/mol. The van der Waals surface area contributed by atoms with Crippen LogP contribution in [0.25, 0.3) is 10.9 Å². The van der Waals surface area contributed by atoms with E-state index in [0.717, 1.165) is 0 Å². The Hall–Kier alpha value is -1.90. The van der Waals surface area contributed by atoms with Gasteiger partial charge in [0, 0.05) is 6.07 Å². The maximum Gasteiger partial charge on any atom is 0.222 e. The first-order valence-corrected chi connectivity index (χ1v) is 4.88. The van der Waals surface area contributed by atoms with Gasteiger partial charge in [-0.2, -0.15) is 10.3 Å². The molecule has 0 aliphatic heterocycles. The highest BCUT2D eigenvalue weighted by atomic mass is 19.1. The van der Waals surface area contributed by atoms with Crippen molar-refractivity contribution in [2.24, 2.45) is 0 Å². The summed E-state index contributed by atoms with van der Waals surface area (Å²) in [6, 6.07) is 1.24. The van der Waals surface area contributed by atoms with Crippen LogP contribution in [0.2, 0.25) is 0 Å². The van der Waals surface area contributed by atoms with Crippen LogP contribution in [0.15, 0.2) is 6.07 Å². The van der Waals surface area contributed by atoms with Crippen LogP contribution in [0.4, 0.5) is 15.9 Å². The summed E-state index contributed by atoms with van der Waals surface area (Å²) < 4.78 is 19.0. The zero-order valence-corrected chi connectivity index (χ0v) is 8.95. The van der Waals surface area contributed by atoms with Crippen molar-refractivity contribution in [3.8, 4) is 5.75 Å². The van der Waals surface area contributed by atoms with Crippen LogP contribution >= 0.6 is 0 Å². The van der Waals surface area contributed by atoms with Crippen LogP contribution in [0.5, 0.6) is 5.75 Å². The van der Waals surface area contributed by atoms with E-state index in [1.807, 2.05) is 0 Å². The van der Waals surface area contributed by atoms with Crippen LogP contribution in [-0.2, 0) is 0 Å². The predicted molar refractivity (Wildman–Crippen MR) is 57.4 cm³/mol. The molecule has 92 valence electrons. The molecule has 0 aliphatic carbocycles. The molecule has 0 aliphatic rings. The fourth-order valence-corrected chi connectivity index (χ4v) is 1.56. The van der Waals surface area contributed by atoms with Crippen molar-refractivity contribution in [2.75, 3.05) is 12.3 Å². The molecule has 2 rings (SSSR count). The lowest BCUT2D eigenvalue weighted by atomic mass is 10.2. The molecule has 7 nitrogen and oxygen atoms in total. The number of rotatable bonds is 3. The molecule has 1 heterocycles. The fourth-order valence-electron chi connectivity index (χ4n) is 1.56. The Morgan fingerprint density at radius 2 is 2.41 bits per heavy atom. The smallest absolute Gasteiger partial charge is 0.222 e. The van der Waals surface area contributed by atoms with Crippen LogP contribution in [0.3, 0.4) is 0 Å². The number of ether oxygens (including phenoxy) is 1. The van der Waals surface area contributed by atoms with Gasteiger partial charge in [-0.1, -0.05) is 0 Å². The van der Waals surface area contributed by atoms with E-state index in [1.165, 1.54) is 6.07 Å². The molecule has 0 saturated carbocycles. The summed E-state index contributed by atoms with van der Waals surface area (Å²) in [5.41, 5.74) is 5.26. The zero-order chi connectivity index (χ0) is 12.6. The number of benzene rings is 1. The number of aromatic amines is 1. The Kier molecular flexibility index (Phi) is 2.84. The number of anilines is 1. The van der Waals surface area contributed by atoms with Crippen molar-refractivity contribution >= 4 is 22.4 Å². The van der Waals surface area contributed by atoms with E-state index in [1.54, 1.807) is 6.92 Å². The van der Waals surface area contributed by atoms with Crippen molar-refractivity contribution < 1.29 is 19.6 Å². The Balaban J connectivity index is 2.75. The molecular formula is C9H11FN4O3. The average Bonchev–Trinajstić information content (AvgIpc) is 2.64. The van der Waals surface area contributed by atoms with Crippen molar-refractivity contribution in [3.05, 3.63) is 17.1 Å². The Labute approximate surface area is 95.1 Å². The lowest BCUT2D eigenvalue weighted by Crippen LogP contribution is -2.99. The molecule has 1 aromatic heterocycles. The summed E-state index contributed by atoms with van der Waals surface area (Å²) in [4.78, 5) is 0. The number of nitrogens with two attached hydrogens (primary N) is 1. The van der Waals surface area contributed by atoms with E-state index >= 15 is 0 Å². The molecule has 0 radical (unpaired) electrons. The maximum atomic E-state index is 14.0. The highest BCUT2D eigenvalue weighted by molar-refractivity contribution is 5.92. The Morgan fingerprint density at radius 1 is 1.71 bits per heavy atom. The molecule has 1 atom stereocenters. The standard InChI is InChI=1S/C9H11FN4O3/c1-2-17-8-5(14(15)16)3-4-7(6(8)10)12-13-9(4)11/h3,14-15H,2H2,1H3,(H3,11,12,13). The van der Waals surface area contributed by atoms with E-state index < -0.39 is 11.0 Å². The molecule has 0 spiro atoms. The number of quaternary nitrogens is 1. The number of halogens is 1. The van der Waals surface area contributed by atoms with Gasteiger partial charge in [0.25, 0.3) is 0 Å². The second-order valence-corrected chi connectivity index (χ2v) is 3.34. The third kappa shape index (κ3) is 1.78. The second-order valence-electron chi connectivity index (χ2n) is 3.34. The van der Waals surface area contributed by atoms with Gasteiger partial charge >= 0.3 is 0 Å². The van der Waals surface area contributed by atoms with Gasteiger partial charge in [-0.05, 0) is 6.92 Å². The first-order chi connectivity index (χ1) is 8.06. The number of fused-ring (bicyclic) bond motifs is 1. The predicted octanol–water partition coefficient (Wildman–Crippen LogP) is 0.0863. The summed E-state index contributed by atoms with van der Waals surface area (Å²) in [5, 5.41) is 25.0. The van der Waals surface area contributed by atoms with Gasteiger partial charge in [-0.3, -0.25) is 5.10 Å². The number of H-pyrrole nitrogens is 1. The fraction of sp³-hybridized carbons (Fsp3) is 0.222. The average molecular weight is 242 g/mol. The first kappa shape index (κ1) is 11.6. The topological polar surface area (TPSA) is 112 Å². The number of nitrogens with zero attached hydrogens (tertiary/aromatic N) is 1. The minimum Gasteiger partial charge on any atom is -0.595 e. The minimum atomic E-state index is -1.28. The van der Waals surface area contributed by atoms with Crippen molar-refractivity contribution in [1.82, 2.24) is 10.2 Å². The molecule has 5 N–H and O–H groups in total. The van der Waals surface area contributed by atoms with E-state index in [4.69, 9.17) is 15.7 Å². The SMILES string of the molecule is CCOc1c([NH+]([O-])O)cc2c(N)n[nH]c2c1F. The number of nitrogen functional groups attached to an aromatic ring is 1. The molecule has 0 amide bonds. The molecule has 8 heteroatoms. The lowest BCUT2D eigenvalue weighted by molar-refractivity contribution is -0.991. The molecule has 2 aromatic rings. The van der Waals surface area contributed by atoms with E-state index in [-0.39, 0.29) is 34.8 Å². The summed E-state index contributed by atoms with van der Waals surface area (Å²) >= 11 is 0. The molecule has 1 unspecified atom stereocenters. The van der Waals surface area contributed by atoms with Crippen LogP contribution < -0.4 is 15.7 Å². The third-order valence-electron chi connectivity index (χ3n) is 2.30. The largest absolute Gasteiger partial charge is 0.595 e. The van der Waals surface area contributed by atoms with E-state index in [0.29, 0.717) is 0 Å². The highest BCUT2D eigenvalue weighted by Gasteiger charge is 2.22. The van der Waals surface area contributed by atoms with Gasteiger partial charge in [0.1, 0.15) is 5.52 Å².